The average Bonchev–Trinajstić information content (AvgIpc) is 2.81. The molecular weight excluding hydrogens is 295 g/mol. The predicted molar refractivity (Wildman–Crippen MR) is 65.3 cm³/mol. The van der Waals surface area contributed by atoms with E-state index in [1.807, 2.05) is 4.90 Å². The molecule has 9 heteroatoms. The van der Waals surface area contributed by atoms with Crippen molar-refractivity contribution in [2.24, 2.45) is 0 Å². The maximum atomic E-state index is 12.7. The van der Waals surface area contributed by atoms with Crippen LogP contribution in [0.2, 0.25) is 5.15 Å². The van der Waals surface area contributed by atoms with Crippen molar-refractivity contribution < 1.29 is 13.2 Å². The molecule has 0 unspecified atom stereocenters. The second-order valence-corrected chi connectivity index (χ2v) is 4.72. The second-order valence-electron chi connectivity index (χ2n) is 4.33. The van der Waals surface area contributed by atoms with E-state index in [0.717, 1.165) is 4.57 Å². The summed E-state index contributed by atoms with van der Waals surface area (Å²) in [5, 5.41) is 7.18. The smallest absolute Gasteiger partial charge is 0.347 e. The van der Waals surface area contributed by atoms with Crippen LogP contribution in [0.15, 0.2) is 18.2 Å². The van der Waals surface area contributed by atoms with Gasteiger partial charge in [0.25, 0.3) is 0 Å². The van der Waals surface area contributed by atoms with Crippen LogP contribution in [0, 0.1) is 0 Å². The third-order valence-corrected chi connectivity index (χ3v) is 3.24. The Labute approximate surface area is 117 Å². The van der Waals surface area contributed by atoms with Crippen LogP contribution >= 0.6 is 11.6 Å². The van der Waals surface area contributed by atoms with E-state index in [1.54, 1.807) is 18.2 Å². The maximum absolute atomic E-state index is 12.7. The zero-order valence-corrected chi connectivity index (χ0v) is 10.9. The van der Waals surface area contributed by atoms with Crippen molar-refractivity contribution in [1.29, 1.82) is 0 Å². The van der Waals surface area contributed by atoms with Gasteiger partial charge < -0.3 is 9.47 Å². The Morgan fingerprint density at radius 3 is 2.65 bits per heavy atom. The molecular formula is C11H9ClF3N5. The number of nitrogens with zero attached hydrogens (tertiary/aromatic N) is 5. The van der Waals surface area contributed by atoms with Gasteiger partial charge in [-0.3, -0.25) is 0 Å². The lowest BCUT2D eigenvalue weighted by molar-refractivity contribution is -0.147. The van der Waals surface area contributed by atoms with E-state index in [0.29, 0.717) is 17.5 Å². The van der Waals surface area contributed by atoms with Gasteiger partial charge in [-0.05, 0) is 12.1 Å². The Bertz CT molecular complexity index is 639. The number of fused-ring (bicyclic) bond motifs is 1. The molecule has 2 aromatic rings. The van der Waals surface area contributed by atoms with Crippen molar-refractivity contribution in [3.63, 3.8) is 0 Å². The van der Waals surface area contributed by atoms with Crippen LogP contribution in [0.3, 0.4) is 0 Å². The monoisotopic (exact) mass is 303 g/mol. The Balaban J connectivity index is 1.88. The van der Waals surface area contributed by atoms with Gasteiger partial charge in [0.2, 0.25) is 5.82 Å². The van der Waals surface area contributed by atoms with Gasteiger partial charge in [0.05, 0.1) is 6.54 Å². The minimum atomic E-state index is -4.48. The molecule has 0 aliphatic carbocycles. The first-order chi connectivity index (χ1) is 9.45. The van der Waals surface area contributed by atoms with Crippen LogP contribution in [0.5, 0.6) is 0 Å². The summed E-state index contributed by atoms with van der Waals surface area (Å²) in [6.07, 6.45) is -4.48. The number of hydrogen-bond donors (Lipinski definition) is 0. The van der Waals surface area contributed by atoms with Crippen molar-refractivity contribution in [3.05, 3.63) is 35.0 Å². The van der Waals surface area contributed by atoms with E-state index in [1.165, 1.54) is 0 Å². The summed E-state index contributed by atoms with van der Waals surface area (Å²) < 4.78 is 39.2. The number of aromatic nitrogens is 4. The van der Waals surface area contributed by atoms with Crippen molar-refractivity contribution in [2.75, 3.05) is 11.4 Å². The molecule has 106 valence electrons. The molecule has 3 heterocycles. The molecule has 0 aromatic carbocycles. The molecule has 0 atom stereocenters. The normalized spacial score (nSPS) is 15.3. The summed E-state index contributed by atoms with van der Waals surface area (Å²) in [6.45, 7) is 0.767. The summed E-state index contributed by atoms with van der Waals surface area (Å²) in [4.78, 5) is 5.95. The molecule has 2 aromatic heterocycles. The third-order valence-electron chi connectivity index (χ3n) is 3.03. The zero-order chi connectivity index (χ0) is 14.3. The summed E-state index contributed by atoms with van der Waals surface area (Å²) in [7, 11) is 0. The van der Waals surface area contributed by atoms with E-state index in [4.69, 9.17) is 11.6 Å². The highest BCUT2D eigenvalue weighted by molar-refractivity contribution is 6.29. The summed E-state index contributed by atoms with van der Waals surface area (Å²) in [6, 6.07) is 5.13. The van der Waals surface area contributed by atoms with Gasteiger partial charge in [0.1, 0.15) is 11.0 Å². The van der Waals surface area contributed by atoms with E-state index in [9.17, 15) is 13.2 Å². The average molecular weight is 304 g/mol. The van der Waals surface area contributed by atoms with Crippen molar-refractivity contribution in [2.45, 2.75) is 19.3 Å². The van der Waals surface area contributed by atoms with Crippen LogP contribution in [0.25, 0.3) is 0 Å². The van der Waals surface area contributed by atoms with Crippen molar-refractivity contribution in [3.8, 4) is 0 Å². The van der Waals surface area contributed by atoms with Crippen LogP contribution in [0.1, 0.15) is 11.6 Å². The first kappa shape index (κ1) is 13.2. The van der Waals surface area contributed by atoms with Crippen molar-refractivity contribution >= 4 is 17.4 Å². The second kappa shape index (κ2) is 4.62. The van der Waals surface area contributed by atoms with E-state index in [2.05, 4.69) is 15.2 Å². The largest absolute Gasteiger partial charge is 0.451 e. The van der Waals surface area contributed by atoms with Gasteiger partial charge >= 0.3 is 6.18 Å². The van der Waals surface area contributed by atoms with E-state index >= 15 is 0 Å². The van der Waals surface area contributed by atoms with Crippen LogP contribution in [-0.2, 0) is 19.3 Å². The number of anilines is 1. The minimum absolute atomic E-state index is 0.158. The van der Waals surface area contributed by atoms with Crippen LogP contribution < -0.4 is 4.90 Å². The standard InChI is InChI=1S/C11H9ClF3N5/c12-7-2-1-3-8(16-7)19-4-5-20-9(6-19)17-18-10(20)11(13,14)15/h1-3H,4-6H2. The summed E-state index contributed by atoms with van der Waals surface area (Å²) in [5.74, 6) is -0.0723. The lowest BCUT2D eigenvalue weighted by Crippen LogP contribution is -2.35. The topological polar surface area (TPSA) is 46.8 Å². The molecule has 5 nitrogen and oxygen atoms in total. The molecule has 0 saturated heterocycles. The Morgan fingerprint density at radius 2 is 1.95 bits per heavy atom. The van der Waals surface area contributed by atoms with Gasteiger partial charge in [0.15, 0.2) is 5.82 Å². The van der Waals surface area contributed by atoms with Crippen molar-refractivity contribution in [1.82, 2.24) is 19.7 Å². The molecule has 3 rings (SSSR count). The molecule has 20 heavy (non-hydrogen) atoms. The summed E-state index contributed by atoms with van der Waals surface area (Å²) in [5.41, 5.74) is 0. The van der Waals surface area contributed by atoms with Gasteiger partial charge in [-0.25, -0.2) is 4.98 Å². The van der Waals surface area contributed by atoms with Crippen LogP contribution in [0.4, 0.5) is 19.0 Å². The van der Waals surface area contributed by atoms with Gasteiger partial charge in [-0.1, -0.05) is 17.7 Å². The Morgan fingerprint density at radius 1 is 1.15 bits per heavy atom. The highest BCUT2D eigenvalue weighted by Crippen LogP contribution is 2.30. The lowest BCUT2D eigenvalue weighted by atomic mass is 10.3. The fourth-order valence-electron chi connectivity index (χ4n) is 2.14. The molecule has 0 fully saturated rings. The van der Waals surface area contributed by atoms with Gasteiger partial charge in [-0.2, -0.15) is 13.2 Å². The zero-order valence-electron chi connectivity index (χ0n) is 10.1. The molecule has 0 saturated carbocycles. The fourth-order valence-corrected chi connectivity index (χ4v) is 2.30. The maximum Gasteiger partial charge on any atom is 0.451 e. The Hall–Kier alpha value is -1.83. The molecule has 0 bridgehead atoms. The Kier molecular flexibility index (Phi) is 3.04. The first-order valence-electron chi connectivity index (χ1n) is 5.82. The summed E-state index contributed by atoms with van der Waals surface area (Å²) >= 11 is 5.81. The van der Waals surface area contributed by atoms with Crippen LogP contribution in [-0.4, -0.2) is 26.3 Å². The van der Waals surface area contributed by atoms with Gasteiger partial charge in [-0.15, -0.1) is 10.2 Å². The third kappa shape index (κ3) is 2.31. The molecule has 1 aliphatic heterocycles. The number of rotatable bonds is 1. The highest BCUT2D eigenvalue weighted by Gasteiger charge is 2.39. The number of halogens is 4. The molecule has 0 amide bonds. The quantitative estimate of drug-likeness (QED) is 0.759. The lowest BCUT2D eigenvalue weighted by Gasteiger charge is -2.28. The fraction of sp³-hybridized carbons (Fsp3) is 0.364. The molecule has 0 radical (unpaired) electrons. The number of hydrogen-bond acceptors (Lipinski definition) is 4. The predicted octanol–water partition coefficient (Wildman–Crippen LogP) is 2.37. The molecule has 0 N–H and O–H groups in total. The minimum Gasteiger partial charge on any atom is -0.347 e. The first-order valence-corrected chi connectivity index (χ1v) is 6.20. The van der Waals surface area contributed by atoms with E-state index in [-0.39, 0.29) is 18.9 Å². The molecule has 0 spiro atoms. The number of alkyl halides is 3. The SMILES string of the molecule is FC(F)(F)c1nnc2n1CCN(c1cccc(Cl)n1)C2. The molecule has 1 aliphatic rings. The number of pyridine rings is 1. The van der Waals surface area contributed by atoms with Gasteiger partial charge in [0, 0.05) is 13.1 Å². The highest BCUT2D eigenvalue weighted by atomic mass is 35.5. The van der Waals surface area contributed by atoms with E-state index < -0.39 is 12.0 Å².